The standard InChI is InChI=1S/C15H20N2O2S/c1-3-15(19)17-8-4-6-12(17)10-14(18)16-11(2)13-7-5-9-20-13/h3,5,7,9,11-12H,1,4,6,8,10H2,2H3,(H,16,18)/t11-,12?/m0/s1. The number of carbonyl (C=O) groups excluding carboxylic acids is 2. The van der Waals surface area contributed by atoms with Crippen LogP contribution in [0.3, 0.4) is 0 Å². The monoisotopic (exact) mass is 292 g/mol. The topological polar surface area (TPSA) is 49.4 Å². The molecule has 0 spiro atoms. The van der Waals surface area contributed by atoms with Gasteiger partial charge in [0, 0.05) is 23.9 Å². The smallest absolute Gasteiger partial charge is 0.246 e. The van der Waals surface area contributed by atoms with Gasteiger partial charge in [-0.15, -0.1) is 11.3 Å². The SMILES string of the molecule is C=CC(=O)N1CCCC1CC(=O)N[C@@H](C)c1cccs1. The predicted octanol–water partition coefficient (Wildman–Crippen LogP) is 2.49. The van der Waals surface area contributed by atoms with Gasteiger partial charge in [-0.05, 0) is 37.3 Å². The lowest BCUT2D eigenvalue weighted by atomic mass is 10.1. The maximum Gasteiger partial charge on any atom is 0.246 e. The summed E-state index contributed by atoms with van der Waals surface area (Å²) in [5.74, 6) is -0.0775. The summed E-state index contributed by atoms with van der Waals surface area (Å²) < 4.78 is 0. The highest BCUT2D eigenvalue weighted by Crippen LogP contribution is 2.22. The Kier molecular flexibility index (Phi) is 4.95. The van der Waals surface area contributed by atoms with Crippen molar-refractivity contribution in [2.45, 2.75) is 38.3 Å². The van der Waals surface area contributed by atoms with Crippen molar-refractivity contribution < 1.29 is 9.59 Å². The fourth-order valence-electron chi connectivity index (χ4n) is 2.58. The van der Waals surface area contributed by atoms with E-state index in [0.717, 1.165) is 24.3 Å². The van der Waals surface area contributed by atoms with Crippen LogP contribution < -0.4 is 5.32 Å². The molecule has 1 fully saturated rings. The first-order valence-corrected chi connectivity index (χ1v) is 7.75. The molecule has 2 amide bonds. The summed E-state index contributed by atoms with van der Waals surface area (Å²) in [5, 5.41) is 4.99. The molecule has 0 aromatic carbocycles. The van der Waals surface area contributed by atoms with Crippen LogP contribution in [0.5, 0.6) is 0 Å². The number of hydrogen-bond acceptors (Lipinski definition) is 3. The van der Waals surface area contributed by atoms with Gasteiger partial charge in [-0.1, -0.05) is 12.6 Å². The van der Waals surface area contributed by atoms with E-state index in [9.17, 15) is 9.59 Å². The van der Waals surface area contributed by atoms with E-state index in [2.05, 4.69) is 11.9 Å². The zero-order valence-electron chi connectivity index (χ0n) is 11.7. The Morgan fingerprint density at radius 2 is 2.45 bits per heavy atom. The molecule has 1 aliphatic rings. The van der Waals surface area contributed by atoms with Crippen LogP contribution in [0.4, 0.5) is 0 Å². The van der Waals surface area contributed by atoms with Crippen molar-refractivity contribution in [2.75, 3.05) is 6.54 Å². The average Bonchev–Trinajstić information content (AvgIpc) is 3.08. The van der Waals surface area contributed by atoms with Crippen molar-refractivity contribution in [2.24, 2.45) is 0 Å². The molecule has 5 heteroatoms. The second kappa shape index (κ2) is 6.70. The molecule has 0 radical (unpaired) electrons. The quantitative estimate of drug-likeness (QED) is 0.848. The maximum absolute atomic E-state index is 12.1. The van der Waals surface area contributed by atoms with Crippen molar-refractivity contribution in [1.82, 2.24) is 10.2 Å². The largest absolute Gasteiger partial charge is 0.349 e. The van der Waals surface area contributed by atoms with Gasteiger partial charge < -0.3 is 10.2 Å². The van der Waals surface area contributed by atoms with Crippen molar-refractivity contribution in [3.8, 4) is 0 Å². The first-order chi connectivity index (χ1) is 9.61. The van der Waals surface area contributed by atoms with Gasteiger partial charge in [0.1, 0.15) is 0 Å². The van der Waals surface area contributed by atoms with Crippen LogP contribution in [-0.2, 0) is 9.59 Å². The number of nitrogens with zero attached hydrogens (tertiary/aromatic N) is 1. The van der Waals surface area contributed by atoms with Crippen LogP contribution in [0.2, 0.25) is 0 Å². The van der Waals surface area contributed by atoms with Gasteiger partial charge in [0.2, 0.25) is 11.8 Å². The molecule has 0 aliphatic carbocycles. The van der Waals surface area contributed by atoms with E-state index in [1.807, 2.05) is 24.4 Å². The van der Waals surface area contributed by atoms with Crippen LogP contribution in [0.25, 0.3) is 0 Å². The lowest BCUT2D eigenvalue weighted by Crippen LogP contribution is -2.38. The highest BCUT2D eigenvalue weighted by molar-refractivity contribution is 7.10. The molecule has 2 atom stereocenters. The van der Waals surface area contributed by atoms with E-state index in [1.54, 1.807) is 16.2 Å². The maximum atomic E-state index is 12.1. The van der Waals surface area contributed by atoms with Crippen molar-refractivity contribution >= 4 is 23.2 Å². The molecule has 20 heavy (non-hydrogen) atoms. The van der Waals surface area contributed by atoms with Gasteiger partial charge in [0.15, 0.2) is 0 Å². The molecule has 1 aliphatic heterocycles. The first kappa shape index (κ1) is 14.8. The second-order valence-corrected chi connectivity index (χ2v) is 6.02. The van der Waals surface area contributed by atoms with E-state index >= 15 is 0 Å². The van der Waals surface area contributed by atoms with Crippen molar-refractivity contribution in [1.29, 1.82) is 0 Å². The van der Waals surface area contributed by atoms with Crippen molar-refractivity contribution in [3.05, 3.63) is 35.0 Å². The summed E-state index contributed by atoms with van der Waals surface area (Å²) in [5.41, 5.74) is 0. The number of amides is 2. The number of rotatable bonds is 5. The Morgan fingerprint density at radius 3 is 3.10 bits per heavy atom. The van der Waals surface area contributed by atoms with E-state index in [1.165, 1.54) is 6.08 Å². The van der Waals surface area contributed by atoms with Gasteiger partial charge in [-0.3, -0.25) is 9.59 Å². The number of carbonyl (C=O) groups is 2. The molecule has 108 valence electrons. The molecule has 2 rings (SSSR count). The second-order valence-electron chi connectivity index (χ2n) is 5.04. The number of likely N-dealkylation sites (tertiary alicyclic amines) is 1. The van der Waals surface area contributed by atoms with Gasteiger partial charge in [-0.2, -0.15) is 0 Å². The molecule has 0 bridgehead atoms. The Morgan fingerprint density at radius 1 is 1.65 bits per heavy atom. The Hall–Kier alpha value is -1.62. The zero-order valence-corrected chi connectivity index (χ0v) is 12.5. The van der Waals surface area contributed by atoms with Crippen LogP contribution in [0, 0.1) is 0 Å². The summed E-state index contributed by atoms with van der Waals surface area (Å²) in [6.45, 7) is 6.21. The van der Waals surface area contributed by atoms with Crippen LogP contribution >= 0.6 is 11.3 Å². The fraction of sp³-hybridized carbons (Fsp3) is 0.467. The molecule has 4 nitrogen and oxygen atoms in total. The summed E-state index contributed by atoms with van der Waals surface area (Å²) in [6, 6.07) is 4.02. The molecule has 2 heterocycles. The third-order valence-electron chi connectivity index (χ3n) is 3.60. The minimum absolute atomic E-state index is 0.000313. The molecule has 1 aromatic rings. The molecule has 1 aromatic heterocycles. The zero-order chi connectivity index (χ0) is 14.5. The van der Waals surface area contributed by atoms with E-state index in [4.69, 9.17) is 0 Å². The van der Waals surface area contributed by atoms with Crippen LogP contribution in [-0.4, -0.2) is 29.3 Å². The molecule has 1 N–H and O–H groups in total. The van der Waals surface area contributed by atoms with E-state index in [-0.39, 0.29) is 23.9 Å². The number of hydrogen-bond donors (Lipinski definition) is 1. The normalized spacial score (nSPS) is 19.6. The minimum atomic E-state index is -0.0772. The van der Waals surface area contributed by atoms with Gasteiger partial charge in [0.05, 0.1) is 6.04 Å². The lowest BCUT2D eigenvalue weighted by molar-refractivity contribution is -0.128. The summed E-state index contributed by atoms with van der Waals surface area (Å²) in [6.07, 6.45) is 3.54. The Bertz CT molecular complexity index is 484. The number of nitrogens with one attached hydrogen (secondary N) is 1. The molecular weight excluding hydrogens is 272 g/mol. The van der Waals surface area contributed by atoms with Crippen LogP contribution in [0.1, 0.15) is 37.1 Å². The highest BCUT2D eigenvalue weighted by atomic mass is 32.1. The fourth-order valence-corrected chi connectivity index (χ4v) is 3.31. The molecular formula is C15H20N2O2S. The van der Waals surface area contributed by atoms with Crippen LogP contribution in [0.15, 0.2) is 30.2 Å². The molecule has 1 saturated heterocycles. The first-order valence-electron chi connectivity index (χ1n) is 6.87. The van der Waals surface area contributed by atoms with Gasteiger partial charge in [0.25, 0.3) is 0 Å². The van der Waals surface area contributed by atoms with Gasteiger partial charge >= 0.3 is 0 Å². The summed E-state index contributed by atoms with van der Waals surface area (Å²) in [7, 11) is 0. The highest BCUT2D eigenvalue weighted by Gasteiger charge is 2.29. The summed E-state index contributed by atoms with van der Waals surface area (Å²) in [4.78, 5) is 26.7. The molecule has 1 unspecified atom stereocenters. The van der Waals surface area contributed by atoms with Gasteiger partial charge in [-0.25, -0.2) is 0 Å². The number of thiophene rings is 1. The lowest BCUT2D eigenvalue weighted by Gasteiger charge is -2.23. The average molecular weight is 292 g/mol. The third kappa shape index (κ3) is 3.48. The Labute approximate surface area is 123 Å². The van der Waals surface area contributed by atoms with E-state index in [0.29, 0.717) is 6.42 Å². The minimum Gasteiger partial charge on any atom is -0.349 e. The van der Waals surface area contributed by atoms with Crippen molar-refractivity contribution in [3.63, 3.8) is 0 Å². The molecule has 0 saturated carbocycles. The predicted molar refractivity (Wildman–Crippen MR) is 80.4 cm³/mol. The summed E-state index contributed by atoms with van der Waals surface area (Å²) >= 11 is 1.63. The van der Waals surface area contributed by atoms with E-state index < -0.39 is 0 Å². The Balaban J connectivity index is 1.88. The third-order valence-corrected chi connectivity index (χ3v) is 4.66.